The Morgan fingerprint density at radius 2 is 1.96 bits per heavy atom. The Hall–Kier alpha value is -1.89. The number of aryl methyl sites for hydroxylation is 1. The Labute approximate surface area is 153 Å². The summed E-state index contributed by atoms with van der Waals surface area (Å²) in [6, 6.07) is 8.75. The van der Waals surface area contributed by atoms with E-state index < -0.39 is 0 Å². The highest BCUT2D eigenvalue weighted by Crippen LogP contribution is 2.32. The molecule has 1 N–H and O–H groups in total. The minimum atomic E-state index is -0.240. The lowest BCUT2D eigenvalue weighted by Crippen LogP contribution is -2.27. The van der Waals surface area contributed by atoms with Crippen molar-refractivity contribution in [2.24, 2.45) is 7.05 Å². The number of nitrogens with one attached hydrogen (secondary N) is 1. The molecule has 0 fully saturated rings. The van der Waals surface area contributed by atoms with Crippen LogP contribution in [0, 0.1) is 0 Å². The normalized spacial score (nSPS) is 12.2. The highest BCUT2D eigenvalue weighted by atomic mass is 35.5. The Bertz CT molecular complexity index is 870. The first-order chi connectivity index (χ1) is 11.4. The second-order valence-electron chi connectivity index (χ2n) is 5.32. The number of halogens is 2. The van der Waals surface area contributed by atoms with Crippen molar-refractivity contribution >= 4 is 40.4 Å². The van der Waals surface area contributed by atoms with Gasteiger partial charge in [0.1, 0.15) is 6.33 Å². The second-order valence-corrected chi connectivity index (χ2v) is 7.27. The van der Waals surface area contributed by atoms with Crippen LogP contribution in [0.15, 0.2) is 36.7 Å². The number of amides is 1. The summed E-state index contributed by atoms with van der Waals surface area (Å²) in [5.41, 5.74) is 0.887. The van der Waals surface area contributed by atoms with Crippen molar-refractivity contribution in [2.75, 3.05) is 0 Å². The van der Waals surface area contributed by atoms with Crippen LogP contribution >= 0.6 is 34.5 Å². The van der Waals surface area contributed by atoms with Crippen molar-refractivity contribution in [1.29, 1.82) is 0 Å². The van der Waals surface area contributed by atoms with Gasteiger partial charge in [-0.3, -0.25) is 4.79 Å². The number of benzene rings is 1. The standard InChI is InChI=1S/C16H14Cl2N4OS/c1-9(15-21-19-8-22(15)2)20-16(23)14-4-3-13(24-14)10-5-11(17)7-12(18)6-10/h3-9H,1-2H3,(H,20,23)/t9-/m1/s1. The van der Waals surface area contributed by atoms with Crippen LogP contribution in [0.3, 0.4) is 0 Å². The lowest BCUT2D eigenvalue weighted by Gasteiger charge is -2.11. The third-order valence-corrected chi connectivity index (χ3v) is 5.03. The summed E-state index contributed by atoms with van der Waals surface area (Å²) in [6.45, 7) is 1.87. The molecule has 24 heavy (non-hydrogen) atoms. The molecule has 0 saturated heterocycles. The summed E-state index contributed by atoms with van der Waals surface area (Å²) in [5, 5.41) is 11.9. The smallest absolute Gasteiger partial charge is 0.261 e. The summed E-state index contributed by atoms with van der Waals surface area (Å²) in [5.74, 6) is 0.539. The molecule has 3 rings (SSSR count). The maximum absolute atomic E-state index is 12.4. The first-order valence-corrected chi connectivity index (χ1v) is 8.72. The number of rotatable bonds is 4. The predicted molar refractivity (Wildman–Crippen MR) is 96.7 cm³/mol. The van der Waals surface area contributed by atoms with Gasteiger partial charge in [0.2, 0.25) is 0 Å². The van der Waals surface area contributed by atoms with Crippen LogP contribution in [0.5, 0.6) is 0 Å². The second kappa shape index (κ2) is 6.93. The van der Waals surface area contributed by atoms with E-state index in [0.717, 1.165) is 10.4 Å². The van der Waals surface area contributed by atoms with Gasteiger partial charge < -0.3 is 9.88 Å². The zero-order valence-corrected chi connectivity index (χ0v) is 15.3. The molecule has 0 aliphatic rings. The van der Waals surface area contributed by atoms with Gasteiger partial charge in [-0.05, 0) is 42.8 Å². The maximum Gasteiger partial charge on any atom is 0.261 e. The first kappa shape index (κ1) is 17.0. The molecule has 8 heteroatoms. The van der Waals surface area contributed by atoms with Gasteiger partial charge in [0.15, 0.2) is 5.82 Å². The fourth-order valence-corrected chi connectivity index (χ4v) is 3.75. The zero-order valence-electron chi connectivity index (χ0n) is 13.0. The first-order valence-electron chi connectivity index (χ1n) is 7.15. The van der Waals surface area contributed by atoms with Crippen molar-refractivity contribution in [2.45, 2.75) is 13.0 Å². The highest BCUT2D eigenvalue weighted by molar-refractivity contribution is 7.17. The van der Waals surface area contributed by atoms with E-state index in [1.807, 2.05) is 32.2 Å². The largest absolute Gasteiger partial charge is 0.342 e. The Kier molecular flexibility index (Phi) is 4.89. The molecule has 2 aromatic heterocycles. The topological polar surface area (TPSA) is 59.8 Å². The molecule has 0 aliphatic carbocycles. The summed E-state index contributed by atoms with van der Waals surface area (Å²) in [6.07, 6.45) is 1.60. The monoisotopic (exact) mass is 380 g/mol. The van der Waals surface area contributed by atoms with Crippen LogP contribution in [-0.2, 0) is 7.05 Å². The summed E-state index contributed by atoms with van der Waals surface area (Å²) in [7, 11) is 1.84. The van der Waals surface area contributed by atoms with E-state index in [2.05, 4.69) is 15.5 Å². The van der Waals surface area contributed by atoms with Crippen molar-refractivity contribution in [1.82, 2.24) is 20.1 Å². The van der Waals surface area contributed by atoms with Gasteiger partial charge >= 0.3 is 0 Å². The van der Waals surface area contributed by atoms with Crippen molar-refractivity contribution in [3.8, 4) is 10.4 Å². The molecule has 0 aliphatic heterocycles. The fraction of sp³-hybridized carbons (Fsp3) is 0.188. The Morgan fingerprint density at radius 1 is 1.25 bits per heavy atom. The van der Waals surface area contributed by atoms with Crippen LogP contribution in [0.1, 0.15) is 28.5 Å². The van der Waals surface area contributed by atoms with E-state index in [9.17, 15) is 4.79 Å². The van der Waals surface area contributed by atoms with Crippen molar-refractivity contribution < 1.29 is 4.79 Å². The Morgan fingerprint density at radius 3 is 2.58 bits per heavy atom. The third kappa shape index (κ3) is 3.61. The van der Waals surface area contributed by atoms with Crippen LogP contribution in [-0.4, -0.2) is 20.7 Å². The fourth-order valence-electron chi connectivity index (χ4n) is 2.33. The van der Waals surface area contributed by atoms with Gasteiger partial charge in [0, 0.05) is 22.0 Å². The van der Waals surface area contributed by atoms with Crippen LogP contribution in [0.4, 0.5) is 0 Å². The third-order valence-electron chi connectivity index (χ3n) is 3.46. The molecule has 2 heterocycles. The van der Waals surface area contributed by atoms with Crippen LogP contribution in [0.25, 0.3) is 10.4 Å². The van der Waals surface area contributed by atoms with Gasteiger partial charge in [-0.25, -0.2) is 0 Å². The van der Waals surface area contributed by atoms with E-state index in [-0.39, 0.29) is 11.9 Å². The molecule has 1 amide bonds. The highest BCUT2D eigenvalue weighted by Gasteiger charge is 2.17. The lowest BCUT2D eigenvalue weighted by atomic mass is 10.2. The van der Waals surface area contributed by atoms with E-state index in [0.29, 0.717) is 20.7 Å². The van der Waals surface area contributed by atoms with Gasteiger partial charge in [-0.15, -0.1) is 21.5 Å². The van der Waals surface area contributed by atoms with Gasteiger partial charge in [-0.1, -0.05) is 23.2 Å². The molecule has 0 saturated carbocycles. The molecule has 1 aromatic carbocycles. The summed E-state index contributed by atoms with van der Waals surface area (Å²) in [4.78, 5) is 14.0. The summed E-state index contributed by atoms with van der Waals surface area (Å²) >= 11 is 13.5. The minimum absolute atomic E-state index is 0.158. The van der Waals surface area contributed by atoms with Crippen LogP contribution < -0.4 is 5.32 Å². The van der Waals surface area contributed by atoms with Crippen molar-refractivity contribution in [3.63, 3.8) is 0 Å². The number of nitrogens with zero attached hydrogens (tertiary/aromatic N) is 3. The molecule has 0 radical (unpaired) electrons. The van der Waals surface area contributed by atoms with Gasteiger partial charge in [0.05, 0.1) is 10.9 Å². The number of carbonyl (C=O) groups is 1. The minimum Gasteiger partial charge on any atom is -0.342 e. The predicted octanol–water partition coefficient (Wildman–Crippen LogP) is 4.34. The molecule has 124 valence electrons. The number of hydrogen-bond acceptors (Lipinski definition) is 4. The average Bonchev–Trinajstić information content (AvgIpc) is 3.14. The summed E-state index contributed by atoms with van der Waals surface area (Å²) < 4.78 is 1.78. The van der Waals surface area contributed by atoms with E-state index >= 15 is 0 Å². The molecule has 0 spiro atoms. The molecular formula is C16H14Cl2N4OS. The van der Waals surface area contributed by atoms with Gasteiger partial charge in [-0.2, -0.15) is 0 Å². The maximum atomic E-state index is 12.4. The van der Waals surface area contributed by atoms with Crippen molar-refractivity contribution in [3.05, 3.63) is 57.4 Å². The quantitative estimate of drug-likeness (QED) is 0.731. The van der Waals surface area contributed by atoms with Crippen LogP contribution in [0.2, 0.25) is 10.0 Å². The SMILES string of the molecule is C[C@@H](NC(=O)c1ccc(-c2cc(Cl)cc(Cl)c2)s1)c1nncn1C. The van der Waals surface area contributed by atoms with E-state index in [4.69, 9.17) is 23.2 Å². The average molecular weight is 381 g/mol. The lowest BCUT2D eigenvalue weighted by molar-refractivity contribution is 0.0942. The number of aromatic nitrogens is 3. The zero-order chi connectivity index (χ0) is 17.3. The molecular weight excluding hydrogens is 367 g/mol. The molecule has 1 atom stereocenters. The van der Waals surface area contributed by atoms with E-state index in [1.54, 1.807) is 23.0 Å². The molecule has 3 aromatic rings. The van der Waals surface area contributed by atoms with E-state index in [1.165, 1.54) is 11.3 Å². The van der Waals surface area contributed by atoms with Gasteiger partial charge in [0.25, 0.3) is 5.91 Å². The number of hydrogen-bond donors (Lipinski definition) is 1. The molecule has 0 bridgehead atoms. The molecule has 5 nitrogen and oxygen atoms in total. The molecule has 0 unspecified atom stereocenters. The number of carbonyl (C=O) groups excluding carboxylic acids is 1. The Balaban J connectivity index is 1.77. The number of thiophene rings is 1.